The van der Waals surface area contributed by atoms with Gasteiger partial charge in [0.1, 0.15) is 5.82 Å². The van der Waals surface area contributed by atoms with Crippen molar-refractivity contribution in [3.63, 3.8) is 0 Å². The average molecular weight is 139 g/mol. The van der Waals surface area contributed by atoms with Gasteiger partial charge in [-0.25, -0.2) is 4.98 Å². The first-order chi connectivity index (χ1) is 4.74. The minimum absolute atomic E-state index is 0.677. The van der Waals surface area contributed by atoms with Crippen LogP contribution in [0.3, 0.4) is 0 Å². The van der Waals surface area contributed by atoms with Gasteiger partial charge in [-0.05, 0) is 13.8 Å². The highest BCUT2D eigenvalue weighted by Crippen LogP contribution is 1.98. The van der Waals surface area contributed by atoms with Gasteiger partial charge in [0.15, 0.2) is 0 Å². The van der Waals surface area contributed by atoms with Crippen molar-refractivity contribution < 1.29 is 0 Å². The summed E-state index contributed by atoms with van der Waals surface area (Å²) in [6, 6.07) is 0. The zero-order valence-electron chi connectivity index (χ0n) is 6.46. The molecular weight excluding hydrogens is 126 g/mol. The van der Waals surface area contributed by atoms with Crippen molar-refractivity contribution in [3.8, 4) is 0 Å². The molecule has 1 heterocycles. The van der Waals surface area contributed by atoms with Crippen LogP contribution in [0.1, 0.15) is 11.5 Å². The van der Waals surface area contributed by atoms with Crippen molar-refractivity contribution in [3.05, 3.63) is 17.7 Å². The molecule has 0 aliphatic rings. The summed E-state index contributed by atoms with van der Waals surface area (Å²) in [4.78, 5) is 4.24. The Morgan fingerprint density at radius 2 is 2.30 bits per heavy atom. The predicted molar refractivity (Wildman–Crippen MR) is 40.8 cm³/mol. The average Bonchev–Trinajstić information content (AvgIpc) is 2.13. The molecule has 0 saturated carbocycles. The molecule has 1 aromatic rings. The number of nitrogens with two attached hydrogens (primary N) is 1. The van der Waals surface area contributed by atoms with Crippen molar-refractivity contribution in [1.82, 2.24) is 9.55 Å². The van der Waals surface area contributed by atoms with E-state index in [0.717, 1.165) is 18.1 Å². The Kier molecular flexibility index (Phi) is 2.06. The third-order valence-corrected chi connectivity index (χ3v) is 1.47. The molecule has 3 heteroatoms. The van der Waals surface area contributed by atoms with Gasteiger partial charge in [0.2, 0.25) is 0 Å². The number of nitrogens with zero attached hydrogens (tertiary/aromatic N) is 2. The van der Waals surface area contributed by atoms with E-state index < -0.39 is 0 Å². The highest BCUT2D eigenvalue weighted by molar-refractivity contribution is 4.99. The SMILES string of the molecule is Cc1cn(CCN)c(C)n1. The van der Waals surface area contributed by atoms with Crippen LogP contribution in [0.15, 0.2) is 6.20 Å². The zero-order chi connectivity index (χ0) is 7.56. The lowest BCUT2D eigenvalue weighted by atomic mass is 10.5. The van der Waals surface area contributed by atoms with Crippen LogP contribution in [0.5, 0.6) is 0 Å². The van der Waals surface area contributed by atoms with E-state index in [9.17, 15) is 0 Å². The third-order valence-electron chi connectivity index (χ3n) is 1.47. The number of hydrogen-bond acceptors (Lipinski definition) is 2. The quantitative estimate of drug-likeness (QED) is 0.646. The Hall–Kier alpha value is -0.830. The minimum atomic E-state index is 0.677. The molecule has 0 unspecified atom stereocenters. The maximum atomic E-state index is 5.39. The molecular formula is C7H13N3. The lowest BCUT2D eigenvalue weighted by Gasteiger charge is -1.99. The van der Waals surface area contributed by atoms with E-state index in [0.29, 0.717) is 6.54 Å². The van der Waals surface area contributed by atoms with Crippen molar-refractivity contribution in [2.24, 2.45) is 5.73 Å². The van der Waals surface area contributed by atoms with Crippen LogP contribution < -0.4 is 5.73 Å². The molecule has 56 valence electrons. The molecule has 0 aromatic carbocycles. The molecule has 0 radical (unpaired) electrons. The first-order valence-corrected chi connectivity index (χ1v) is 3.44. The Morgan fingerprint density at radius 1 is 1.60 bits per heavy atom. The second-order valence-electron chi connectivity index (χ2n) is 2.41. The van der Waals surface area contributed by atoms with Gasteiger partial charge in [-0.1, -0.05) is 0 Å². The van der Waals surface area contributed by atoms with Crippen LogP contribution in [0.2, 0.25) is 0 Å². The summed E-state index contributed by atoms with van der Waals surface area (Å²) >= 11 is 0. The largest absolute Gasteiger partial charge is 0.334 e. The lowest BCUT2D eigenvalue weighted by molar-refractivity contribution is 0.684. The molecule has 0 amide bonds. The Bertz CT molecular complexity index is 215. The molecule has 0 fully saturated rings. The van der Waals surface area contributed by atoms with Crippen LogP contribution in [-0.4, -0.2) is 16.1 Å². The molecule has 3 nitrogen and oxygen atoms in total. The third kappa shape index (κ3) is 1.36. The number of aromatic nitrogens is 2. The first kappa shape index (κ1) is 7.28. The van der Waals surface area contributed by atoms with E-state index >= 15 is 0 Å². The number of imidazole rings is 1. The van der Waals surface area contributed by atoms with Gasteiger partial charge in [0.05, 0.1) is 5.69 Å². The van der Waals surface area contributed by atoms with E-state index in [-0.39, 0.29) is 0 Å². The summed E-state index contributed by atoms with van der Waals surface area (Å²) in [5.41, 5.74) is 6.45. The van der Waals surface area contributed by atoms with Crippen molar-refractivity contribution in [2.75, 3.05) is 6.54 Å². The Morgan fingerprint density at radius 3 is 2.70 bits per heavy atom. The van der Waals surface area contributed by atoms with Crippen LogP contribution in [0.4, 0.5) is 0 Å². The van der Waals surface area contributed by atoms with Crippen LogP contribution in [-0.2, 0) is 6.54 Å². The number of hydrogen-bond donors (Lipinski definition) is 1. The van der Waals surface area contributed by atoms with Crippen LogP contribution in [0, 0.1) is 13.8 Å². The molecule has 0 atom stereocenters. The predicted octanol–water partition coefficient (Wildman–Crippen LogP) is 0.459. The van der Waals surface area contributed by atoms with Crippen LogP contribution >= 0.6 is 0 Å². The van der Waals surface area contributed by atoms with Gasteiger partial charge in [-0.15, -0.1) is 0 Å². The fourth-order valence-corrected chi connectivity index (χ4v) is 1.03. The van der Waals surface area contributed by atoms with Crippen LogP contribution in [0.25, 0.3) is 0 Å². The second-order valence-corrected chi connectivity index (χ2v) is 2.41. The van der Waals surface area contributed by atoms with E-state index in [1.54, 1.807) is 0 Å². The topological polar surface area (TPSA) is 43.8 Å². The summed E-state index contributed by atoms with van der Waals surface area (Å²) in [7, 11) is 0. The molecule has 2 N–H and O–H groups in total. The lowest BCUT2D eigenvalue weighted by Crippen LogP contribution is -2.10. The molecule has 0 aliphatic carbocycles. The zero-order valence-corrected chi connectivity index (χ0v) is 6.46. The summed E-state index contributed by atoms with van der Waals surface area (Å²) in [6.07, 6.45) is 2.02. The summed E-state index contributed by atoms with van der Waals surface area (Å²) in [6.45, 7) is 5.52. The maximum absolute atomic E-state index is 5.39. The number of rotatable bonds is 2. The summed E-state index contributed by atoms with van der Waals surface area (Å²) in [5, 5.41) is 0. The van der Waals surface area contributed by atoms with Gasteiger partial charge >= 0.3 is 0 Å². The maximum Gasteiger partial charge on any atom is 0.105 e. The highest BCUT2D eigenvalue weighted by Gasteiger charge is 1.96. The van der Waals surface area contributed by atoms with Crippen molar-refractivity contribution in [2.45, 2.75) is 20.4 Å². The number of aryl methyl sites for hydroxylation is 2. The first-order valence-electron chi connectivity index (χ1n) is 3.44. The van der Waals surface area contributed by atoms with E-state index in [2.05, 4.69) is 9.55 Å². The van der Waals surface area contributed by atoms with Gasteiger partial charge < -0.3 is 10.3 Å². The second kappa shape index (κ2) is 2.84. The van der Waals surface area contributed by atoms with Gasteiger partial charge in [-0.2, -0.15) is 0 Å². The van der Waals surface area contributed by atoms with Gasteiger partial charge in [0, 0.05) is 19.3 Å². The van der Waals surface area contributed by atoms with Crippen molar-refractivity contribution in [1.29, 1.82) is 0 Å². The molecule has 0 aliphatic heterocycles. The Balaban J connectivity index is 2.81. The van der Waals surface area contributed by atoms with Gasteiger partial charge in [-0.3, -0.25) is 0 Å². The van der Waals surface area contributed by atoms with E-state index in [1.165, 1.54) is 0 Å². The molecule has 1 rings (SSSR count). The van der Waals surface area contributed by atoms with E-state index in [4.69, 9.17) is 5.73 Å². The van der Waals surface area contributed by atoms with Crippen molar-refractivity contribution >= 4 is 0 Å². The smallest absolute Gasteiger partial charge is 0.105 e. The molecule has 10 heavy (non-hydrogen) atoms. The standard InChI is InChI=1S/C7H13N3/c1-6-5-10(4-3-8)7(2)9-6/h5H,3-4,8H2,1-2H3. The molecule has 0 bridgehead atoms. The fourth-order valence-electron chi connectivity index (χ4n) is 1.03. The molecule has 0 saturated heterocycles. The fraction of sp³-hybridized carbons (Fsp3) is 0.571. The summed E-state index contributed by atoms with van der Waals surface area (Å²) < 4.78 is 2.06. The Labute approximate surface area is 60.9 Å². The monoisotopic (exact) mass is 139 g/mol. The van der Waals surface area contributed by atoms with E-state index in [1.807, 2.05) is 20.0 Å². The normalized spacial score (nSPS) is 10.3. The minimum Gasteiger partial charge on any atom is -0.334 e. The molecule has 1 aromatic heterocycles. The van der Waals surface area contributed by atoms with Gasteiger partial charge in [0.25, 0.3) is 0 Å². The summed E-state index contributed by atoms with van der Waals surface area (Å²) in [5.74, 6) is 1.04. The highest BCUT2D eigenvalue weighted by atomic mass is 15.1. The molecule has 0 spiro atoms.